The standard InChI is InChI=1S/C28H36N4O6S/c1-16(2)20(14-24(34)38-15-18-8-6-5-7-9-18)27(36)30-25(17(3)4)22(33)13-19-12-21-23(39-32-31-21)10-11-29-28(37)26(19)35/h5-9,16-17,19-20,25H,10-15H2,1-4H3,(H,29,37)(H,30,36). The third kappa shape index (κ3) is 8.51. The van der Waals surface area contributed by atoms with Gasteiger partial charge in [-0.1, -0.05) is 62.5 Å². The van der Waals surface area contributed by atoms with Gasteiger partial charge >= 0.3 is 5.97 Å². The summed E-state index contributed by atoms with van der Waals surface area (Å²) in [6.07, 6.45) is 0.292. The summed E-state index contributed by atoms with van der Waals surface area (Å²) in [6.45, 7) is 7.64. The molecule has 1 aliphatic rings. The topological polar surface area (TPSA) is 144 Å². The van der Waals surface area contributed by atoms with Gasteiger partial charge in [-0.2, -0.15) is 0 Å². The van der Waals surface area contributed by atoms with Gasteiger partial charge < -0.3 is 15.4 Å². The highest BCUT2D eigenvalue weighted by Crippen LogP contribution is 2.23. The van der Waals surface area contributed by atoms with Crippen molar-refractivity contribution < 1.29 is 28.7 Å². The number of Topliss-reactive ketones (excluding diaryl/α,β-unsaturated/α-hetero) is 2. The number of rotatable bonds is 11. The van der Waals surface area contributed by atoms with Gasteiger partial charge in [0, 0.05) is 31.7 Å². The van der Waals surface area contributed by atoms with Crippen molar-refractivity contribution in [3.8, 4) is 0 Å². The largest absolute Gasteiger partial charge is 0.461 e. The number of nitrogens with zero attached hydrogens (tertiary/aromatic N) is 2. The van der Waals surface area contributed by atoms with Gasteiger partial charge in [-0.05, 0) is 28.9 Å². The third-order valence-corrected chi connectivity index (χ3v) is 7.66. The fourth-order valence-corrected chi connectivity index (χ4v) is 5.14. The SMILES string of the molecule is CC(C)C(CC(=O)OCc1ccccc1)C(=O)NC(C(=O)CC1Cc2nnsc2CCNC(=O)C1=O)C(C)C. The molecule has 1 aromatic carbocycles. The lowest BCUT2D eigenvalue weighted by atomic mass is 9.86. The smallest absolute Gasteiger partial charge is 0.306 e. The summed E-state index contributed by atoms with van der Waals surface area (Å²) < 4.78 is 9.32. The lowest BCUT2D eigenvalue weighted by molar-refractivity contribution is -0.149. The number of esters is 1. The molecule has 0 bridgehead atoms. The number of benzene rings is 1. The highest BCUT2D eigenvalue weighted by atomic mass is 32.1. The summed E-state index contributed by atoms with van der Waals surface area (Å²) in [5.74, 6) is -4.79. The molecule has 3 rings (SSSR count). The number of hydrogen-bond acceptors (Lipinski definition) is 9. The lowest BCUT2D eigenvalue weighted by Gasteiger charge is -2.27. The molecule has 39 heavy (non-hydrogen) atoms. The predicted molar refractivity (Wildman–Crippen MR) is 144 cm³/mol. The van der Waals surface area contributed by atoms with Crippen LogP contribution in [0.4, 0.5) is 0 Å². The molecule has 2 amide bonds. The van der Waals surface area contributed by atoms with Gasteiger partial charge in [-0.25, -0.2) is 0 Å². The number of carbonyl (C=O) groups is 5. The number of amides is 2. The molecule has 0 radical (unpaired) electrons. The second-order valence-electron chi connectivity index (χ2n) is 10.5. The number of aromatic nitrogens is 2. The van der Waals surface area contributed by atoms with Gasteiger partial charge in [-0.3, -0.25) is 24.0 Å². The minimum atomic E-state index is -0.912. The molecule has 1 aliphatic heterocycles. The van der Waals surface area contributed by atoms with Crippen LogP contribution in [0.2, 0.25) is 0 Å². The highest BCUT2D eigenvalue weighted by molar-refractivity contribution is 7.05. The van der Waals surface area contributed by atoms with E-state index in [1.54, 1.807) is 13.8 Å². The van der Waals surface area contributed by atoms with E-state index in [1.165, 1.54) is 11.5 Å². The molecular formula is C28H36N4O6S. The summed E-state index contributed by atoms with van der Waals surface area (Å²) in [6, 6.07) is 8.36. The average Bonchev–Trinajstić information content (AvgIpc) is 3.35. The number of ketones is 2. The van der Waals surface area contributed by atoms with Crippen molar-refractivity contribution in [2.24, 2.45) is 23.7 Å². The fraction of sp³-hybridized carbons (Fsp3) is 0.536. The summed E-state index contributed by atoms with van der Waals surface area (Å²) in [4.78, 5) is 65.3. The van der Waals surface area contributed by atoms with E-state index in [0.29, 0.717) is 12.1 Å². The van der Waals surface area contributed by atoms with E-state index in [9.17, 15) is 24.0 Å². The fourth-order valence-electron chi connectivity index (χ4n) is 4.48. The van der Waals surface area contributed by atoms with Gasteiger partial charge in [0.1, 0.15) is 6.61 Å². The van der Waals surface area contributed by atoms with Crippen LogP contribution in [0.3, 0.4) is 0 Å². The Kier molecular flexibility index (Phi) is 10.8. The zero-order valence-corrected chi connectivity index (χ0v) is 23.6. The number of hydrogen-bond donors (Lipinski definition) is 2. The van der Waals surface area contributed by atoms with Crippen LogP contribution < -0.4 is 10.6 Å². The maximum Gasteiger partial charge on any atom is 0.306 e. The van der Waals surface area contributed by atoms with Gasteiger partial charge in [-0.15, -0.1) is 5.10 Å². The molecule has 2 N–H and O–H groups in total. The lowest BCUT2D eigenvalue weighted by Crippen LogP contribution is -2.49. The third-order valence-electron chi connectivity index (χ3n) is 6.84. The second kappa shape index (κ2) is 14.1. The molecule has 0 saturated heterocycles. The molecule has 210 valence electrons. The van der Waals surface area contributed by atoms with E-state index in [4.69, 9.17) is 4.74 Å². The predicted octanol–water partition coefficient (Wildman–Crippen LogP) is 2.44. The monoisotopic (exact) mass is 556 g/mol. The van der Waals surface area contributed by atoms with Crippen LogP contribution in [-0.4, -0.2) is 51.5 Å². The molecule has 0 aliphatic carbocycles. The van der Waals surface area contributed by atoms with Crippen LogP contribution in [-0.2, 0) is 48.2 Å². The van der Waals surface area contributed by atoms with Gasteiger partial charge in [0.2, 0.25) is 11.7 Å². The maximum atomic E-state index is 13.4. The summed E-state index contributed by atoms with van der Waals surface area (Å²) in [5.41, 5.74) is 1.46. The van der Waals surface area contributed by atoms with Crippen LogP contribution >= 0.6 is 11.5 Å². The Hall–Kier alpha value is -3.47. The van der Waals surface area contributed by atoms with Crippen LogP contribution in [0.1, 0.15) is 56.7 Å². The summed E-state index contributed by atoms with van der Waals surface area (Å²) in [7, 11) is 0. The van der Waals surface area contributed by atoms with Crippen molar-refractivity contribution in [1.29, 1.82) is 0 Å². The minimum absolute atomic E-state index is 0.110. The Bertz CT molecular complexity index is 1180. The van der Waals surface area contributed by atoms with E-state index < -0.39 is 41.4 Å². The molecule has 11 heteroatoms. The van der Waals surface area contributed by atoms with Crippen molar-refractivity contribution in [3.05, 3.63) is 46.5 Å². The minimum Gasteiger partial charge on any atom is -0.461 e. The van der Waals surface area contributed by atoms with E-state index in [1.807, 2.05) is 44.2 Å². The first-order valence-electron chi connectivity index (χ1n) is 13.2. The molecule has 2 aromatic rings. The normalized spacial score (nSPS) is 17.3. The summed E-state index contributed by atoms with van der Waals surface area (Å²) in [5, 5.41) is 9.51. The van der Waals surface area contributed by atoms with Crippen molar-refractivity contribution in [2.45, 2.75) is 66.0 Å². The molecule has 3 unspecified atom stereocenters. The van der Waals surface area contributed by atoms with Crippen LogP contribution in [0.25, 0.3) is 0 Å². The van der Waals surface area contributed by atoms with Gasteiger partial charge in [0.15, 0.2) is 5.78 Å². The Morgan fingerprint density at radius 3 is 2.49 bits per heavy atom. The van der Waals surface area contributed by atoms with Crippen LogP contribution in [0, 0.1) is 23.7 Å². The molecule has 1 aromatic heterocycles. The molecule has 0 spiro atoms. The molecular weight excluding hydrogens is 520 g/mol. The van der Waals surface area contributed by atoms with Crippen molar-refractivity contribution in [1.82, 2.24) is 20.2 Å². The van der Waals surface area contributed by atoms with Crippen LogP contribution in [0.15, 0.2) is 30.3 Å². The second-order valence-corrected chi connectivity index (χ2v) is 11.4. The number of fused-ring (bicyclic) bond motifs is 1. The van der Waals surface area contributed by atoms with Gasteiger partial charge in [0.25, 0.3) is 5.91 Å². The first-order valence-corrected chi connectivity index (χ1v) is 14.0. The van der Waals surface area contributed by atoms with Crippen molar-refractivity contribution >= 4 is 40.9 Å². The number of ether oxygens (including phenoxy) is 1. The number of carbonyl (C=O) groups excluding carboxylic acids is 5. The molecule has 0 fully saturated rings. The Labute approximate surface area is 232 Å². The van der Waals surface area contributed by atoms with Crippen molar-refractivity contribution in [3.63, 3.8) is 0 Å². The van der Waals surface area contributed by atoms with E-state index in [-0.39, 0.29) is 50.0 Å². The van der Waals surface area contributed by atoms with Crippen molar-refractivity contribution in [2.75, 3.05) is 6.54 Å². The van der Waals surface area contributed by atoms with Crippen LogP contribution in [0.5, 0.6) is 0 Å². The van der Waals surface area contributed by atoms with E-state index >= 15 is 0 Å². The summed E-state index contributed by atoms with van der Waals surface area (Å²) >= 11 is 1.21. The first kappa shape index (κ1) is 30.1. The van der Waals surface area contributed by atoms with E-state index in [2.05, 4.69) is 20.2 Å². The molecule has 10 nitrogen and oxygen atoms in total. The molecule has 2 heterocycles. The Balaban J connectivity index is 1.67. The maximum absolute atomic E-state index is 13.4. The molecule has 0 saturated carbocycles. The van der Waals surface area contributed by atoms with Gasteiger partial charge in [0.05, 0.1) is 29.0 Å². The molecule has 3 atom stereocenters. The Morgan fingerprint density at radius 1 is 1.10 bits per heavy atom. The number of nitrogens with one attached hydrogen (secondary N) is 2. The first-order chi connectivity index (χ1) is 18.6. The Morgan fingerprint density at radius 2 is 1.82 bits per heavy atom. The zero-order chi connectivity index (χ0) is 28.5. The average molecular weight is 557 g/mol. The highest BCUT2D eigenvalue weighted by Gasteiger charge is 2.35. The quantitative estimate of drug-likeness (QED) is 0.317. The van der Waals surface area contributed by atoms with E-state index in [0.717, 1.165) is 10.4 Å². The zero-order valence-electron chi connectivity index (χ0n) is 22.8.